The number of nitrogens with one attached hydrogen (secondary N) is 2. The highest BCUT2D eigenvalue weighted by molar-refractivity contribution is 5.90. The van der Waals surface area contributed by atoms with E-state index in [-0.39, 0.29) is 18.1 Å². The maximum atomic E-state index is 13.5. The molecule has 0 fully saturated rings. The van der Waals surface area contributed by atoms with Crippen LogP contribution in [0, 0.1) is 19.7 Å². The minimum Gasteiger partial charge on any atom is -0.358 e. The highest BCUT2D eigenvalue weighted by atomic mass is 19.1. The topological polar surface area (TPSA) is 44.9 Å². The second kappa shape index (κ2) is 6.87. The molecule has 0 saturated carbocycles. The Hall–Kier alpha value is -2.62. The molecule has 0 aliphatic carbocycles. The number of carbonyl (C=O) groups excluding carboxylic acids is 1. The molecule has 1 amide bonds. The Morgan fingerprint density at radius 1 is 1.12 bits per heavy atom. The molecule has 124 valence electrons. The maximum Gasteiger partial charge on any atom is 0.224 e. The lowest BCUT2D eigenvalue weighted by Gasteiger charge is -2.06. The van der Waals surface area contributed by atoms with E-state index in [1.54, 1.807) is 6.07 Å². The van der Waals surface area contributed by atoms with Crippen LogP contribution in [0.1, 0.15) is 22.4 Å². The van der Waals surface area contributed by atoms with Gasteiger partial charge in [-0.2, -0.15) is 0 Å². The molecular formula is C20H21FN2O. The maximum absolute atomic E-state index is 13.5. The van der Waals surface area contributed by atoms with E-state index in [2.05, 4.69) is 41.5 Å². The molecule has 0 saturated heterocycles. The first-order valence-corrected chi connectivity index (χ1v) is 8.12. The number of carbonyl (C=O) groups is 1. The van der Waals surface area contributed by atoms with E-state index in [0.29, 0.717) is 6.54 Å². The summed E-state index contributed by atoms with van der Waals surface area (Å²) in [5.41, 5.74) is 5.05. The van der Waals surface area contributed by atoms with Gasteiger partial charge in [-0.25, -0.2) is 4.39 Å². The number of benzene rings is 2. The lowest BCUT2D eigenvalue weighted by atomic mass is 10.1. The van der Waals surface area contributed by atoms with E-state index in [1.807, 2.05) is 6.92 Å². The molecule has 4 heteroatoms. The van der Waals surface area contributed by atoms with Crippen molar-refractivity contribution < 1.29 is 9.18 Å². The summed E-state index contributed by atoms with van der Waals surface area (Å²) in [7, 11) is 0. The van der Waals surface area contributed by atoms with Crippen molar-refractivity contribution in [2.24, 2.45) is 0 Å². The third-order valence-corrected chi connectivity index (χ3v) is 4.28. The van der Waals surface area contributed by atoms with E-state index < -0.39 is 0 Å². The van der Waals surface area contributed by atoms with Crippen molar-refractivity contribution in [2.75, 3.05) is 6.54 Å². The predicted molar refractivity (Wildman–Crippen MR) is 94.6 cm³/mol. The second-order valence-corrected chi connectivity index (χ2v) is 6.18. The van der Waals surface area contributed by atoms with Crippen LogP contribution >= 0.6 is 0 Å². The smallest absolute Gasteiger partial charge is 0.224 e. The summed E-state index contributed by atoms with van der Waals surface area (Å²) >= 11 is 0. The lowest BCUT2D eigenvalue weighted by molar-refractivity contribution is -0.120. The van der Waals surface area contributed by atoms with Gasteiger partial charge in [0.15, 0.2) is 0 Å². The Balaban J connectivity index is 1.61. The van der Waals surface area contributed by atoms with Gasteiger partial charge in [0.25, 0.3) is 0 Å². The number of hydrogen-bond donors (Lipinski definition) is 2. The van der Waals surface area contributed by atoms with E-state index in [0.717, 1.165) is 28.6 Å². The summed E-state index contributed by atoms with van der Waals surface area (Å²) in [6, 6.07) is 12.9. The van der Waals surface area contributed by atoms with Crippen LogP contribution in [0.4, 0.5) is 4.39 Å². The van der Waals surface area contributed by atoms with Crippen molar-refractivity contribution in [3.8, 4) is 0 Å². The van der Waals surface area contributed by atoms with Crippen LogP contribution in [-0.2, 0) is 17.6 Å². The second-order valence-electron chi connectivity index (χ2n) is 6.18. The van der Waals surface area contributed by atoms with Gasteiger partial charge in [-0.15, -0.1) is 0 Å². The fourth-order valence-corrected chi connectivity index (χ4v) is 2.91. The lowest BCUT2D eigenvalue weighted by Crippen LogP contribution is -2.27. The molecule has 1 aromatic heterocycles. The number of aromatic nitrogens is 1. The third-order valence-electron chi connectivity index (χ3n) is 4.28. The molecule has 0 spiro atoms. The summed E-state index contributed by atoms with van der Waals surface area (Å²) in [6.07, 6.45) is 1.05. The zero-order valence-electron chi connectivity index (χ0n) is 13.9. The molecule has 3 nitrogen and oxygen atoms in total. The largest absolute Gasteiger partial charge is 0.358 e. The highest BCUT2D eigenvalue weighted by Crippen LogP contribution is 2.23. The summed E-state index contributed by atoms with van der Waals surface area (Å²) in [5.74, 6) is -0.335. The molecule has 2 N–H and O–H groups in total. The van der Waals surface area contributed by atoms with Crippen molar-refractivity contribution >= 4 is 16.8 Å². The zero-order chi connectivity index (χ0) is 17.1. The van der Waals surface area contributed by atoms with Crippen LogP contribution in [0.15, 0.2) is 42.5 Å². The van der Waals surface area contributed by atoms with Gasteiger partial charge < -0.3 is 10.3 Å². The molecule has 0 bridgehead atoms. The molecule has 0 atom stereocenters. The fourth-order valence-electron chi connectivity index (χ4n) is 2.91. The van der Waals surface area contributed by atoms with E-state index in [1.165, 1.54) is 23.3 Å². The monoisotopic (exact) mass is 324 g/mol. The third kappa shape index (κ3) is 3.65. The van der Waals surface area contributed by atoms with Crippen LogP contribution in [0.5, 0.6) is 0 Å². The van der Waals surface area contributed by atoms with Gasteiger partial charge in [0, 0.05) is 23.1 Å². The van der Waals surface area contributed by atoms with Crippen LogP contribution in [0.25, 0.3) is 10.9 Å². The number of fused-ring (bicyclic) bond motifs is 1. The van der Waals surface area contributed by atoms with Crippen molar-refractivity contribution in [1.29, 1.82) is 0 Å². The van der Waals surface area contributed by atoms with Gasteiger partial charge in [-0.1, -0.05) is 29.8 Å². The quantitative estimate of drug-likeness (QED) is 0.736. The van der Waals surface area contributed by atoms with E-state index >= 15 is 0 Å². The summed E-state index contributed by atoms with van der Waals surface area (Å²) in [6.45, 7) is 4.56. The molecule has 2 aromatic carbocycles. The van der Waals surface area contributed by atoms with Gasteiger partial charge in [0.05, 0.1) is 6.42 Å². The average molecular weight is 324 g/mol. The number of amides is 1. The van der Waals surface area contributed by atoms with Gasteiger partial charge in [0.2, 0.25) is 5.91 Å². The Morgan fingerprint density at radius 3 is 2.62 bits per heavy atom. The Bertz CT molecular complexity index is 865. The average Bonchev–Trinajstić information content (AvgIpc) is 2.85. The number of aryl methyl sites for hydroxylation is 2. The zero-order valence-corrected chi connectivity index (χ0v) is 13.9. The van der Waals surface area contributed by atoms with Gasteiger partial charge in [-0.3, -0.25) is 4.79 Å². The van der Waals surface area contributed by atoms with E-state index in [4.69, 9.17) is 0 Å². The Kier molecular flexibility index (Phi) is 4.65. The molecular weight excluding hydrogens is 303 g/mol. The highest BCUT2D eigenvalue weighted by Gasteiger charge is 2.13. The fraction of sp³-hybridized carbons (Fsp3) is 0.250. The van der Waals surface area contributed by atoms with Crippen molar-refractivity contribution in [2.45, 2.75) is 26.7 Å². The molecule has 1 heterocycles. The minimum atomic E-state index is -0.289. The Labute approximate surface area is 140 Å². The number of H-pyrrole nitrogens is 1. The molecule has 3 rings (SSSR count). The SMILES string of the molecule is Cc1ccc(CCNC(=O)Cc2c(C)[nH]c3ccc(F)cc23)cc1. The number of hydrogen-bond acceptors (Lipinski definition) is 1. The first-order valence-electron chi connectivity index (χ1n) is 8.12. The van der Waals surface area contributed by atoms with Crippen LogP contribution in [0.3, 0.4) is 0 Å². The standard InChI is InChI=1S/C20H21FN2O/c1-13-3-5-15(6-4-13)9-10-22-20(24)12-17-14(2)23-19-8-7-16(21)11-18(17)19/h3-8,11,23H,9-10,12H2,1-2H3,(H,22,24). The molecule has 24 heavy (non-hydrogen) atoms. The number of halogens is 1. The van der Waals surface area contributed by atoms with Gasteiger partial charge >= 0.3 is 0 Å². The number of aromatic amines is 1. The summed E-state index contributed by atoms with van der Waals surface area (Å²) in [4.78, 5) is 15.4. The number of rotatable bonds is 5. The normalized spacial score (nSPS) is 11.0. The summed E-state index contributed by atoms with van der Waals surface area (Å²) < 4.78 is 13.5. The van der Waals surface area contributed by atoms with Gasteiger partial charge in [0.1, 0.15) is 5.82 Å². The van der Waals surface area contributed by atoms with Crippen LogP contribution in [0.2, 0.25) is 0 Å². The van der Waals surface area contributed by atoms with Gasteiger partial charge in [-0.05, 0) is 49.6 Å². The molecule has 0 unspecified atom stereocenters. The molecule has 0 aliphatic rings. The molecule has 3 aromatic rings. The van der Waals surface area contributed by atoms with Crippen LogP contribution < -0.4 is 5.32 Å². The van der Waals surface area contributed by atoms with Crippen molar-refractivity contribution in [3.63, 3.8) is 0 Å². The van der Waals surface area contributed by atoms with Crippen molar-refractivity contribution in [1.82, 2.24) is 10.3 Å². The molecule has 0 aliphatic heterocycles. The van der Waals surface area contributed by atoms with E-state index in [9.17, 15) is 9.18 Å². The van der Waals surface area contributed by atoms with Crippen LogP contribution in [-0.4, -0.2) is 17.4 Å². The Morgan fingerprint density at radius 2 is 1.88 bits per heavy atom. The first kappa shape index (κ1) is 16.2. The van der Waals surface area contributed by atoms with Crippen molar-refractivity contribution in [3.05, 3.63) is 70.7 Å². The first-order chi connectivity index (χ1) is 11.5. The minimum absolute atomic E-state index is 0.0460. The molecule has 0 radical (unpaired) electrons. The predicted octanol–water partition coefficient (Wildman–Crippen LogP) is 3.83. The summed E-state index contributed by atoms with van der Waals surface area (Å²) in [5, 5.41) is 3.72.